The van der Waals surface area contributed by atoms with Gasteiger partial charge in [-0.3, -0.25) is 4.79 Å². The van der Waals surface area contributed by atoms with E-state index in [9.17, 15) is 9.59 Å². The summed E-state index contributed by atoms with van der Waals surface area (Å²) in [6.45, 7) is 7.97. The van der Waals surface area contributed by atoms with Gasteiger partial charge >= 0.3 is 5.97 Å². The molecule has 0 heterocycles. The minimum atomic E-state index is -0.439. The number of esters is 1. The molecule has 4 heteroatoms. The Bertz CT molecular complexity index is 582. The van der Waals surface area contributed by atoms with E-state index >= 15 is 0 Å². The van der Waals surface area contributed by atoms with Crippen molar-refractivity contribution < 1.29 is 14.3 Å². The maximum atomic E-state index is 12.1. The van der Waals surface area contributed by atoms with Crippen molar-refractivity contribution >= 4 is 11.9 Å². The first-order valence-electron chi connectivity index (χ1n) is 8.42. The molecule has 0 aliphatic heterocycles. The van der Waals surface area contributed by atoms with Crippen LogP contribution >= 0.6 is 0 Å². The smallest absolute Gasteiger partial charge is 0.338 e. The van der Waals surface area contributed by atoms with Gasteiger partial charge < -0.3 is 10.1 Å². The van der Waals surface area contributed by atoms with Crippen LogP contribution in [-0.2, 0) is 9.53 Å². The van der Waals surface area contributed by atoms with Gasteiger partial charge in [0.15, 0.2) is 6.61 Å². The fourth-order valence-electron chi connectivity index (χ4n) is 3.20. The number of benzene rings is 1. The minimum absolute atomic E-state index is 0.186. The second-order valence-corrected chi connectivity index (χ2v) is 6.84. The van der Waals surface area contributed by atoms with Gasteiger partial charge in [-0.05, 0) is 43.7 Å². The molecule has 0 radical (unpaired) electrons. The van der Waals surface area contributed by atoms with Gasteiger partial charge in [0.1, 0.15) is 0 Å². The highest BCUT2D eigenvalue weighted by Gasteiger charge is 2.28. The van der Waals surface area contributed by atoms with Gasteiger partial charge in [0.05, 0.1) is 5.56 Å². The number of aryl methyl sites for hydroxylation is 2. The van der Waals surface area contributed by atoms with Crippen LogP contribution in [0.25, 0.3) is 0 Å². The first-order valence-corrected chi connectivity index (χ1v) is 8.42. The van der Waals surface area contributed by atoms with Crippen LogP contribution in [-0.4, -0.2) is 24.5 Å². The quantitative estimate of drug-likeness (QED) is 0.866. The molecule has 0 saturated heterocycles. The highest BCUT2D eigenvalue weighted by Crippen LogP contribution is 2.29. The molecule has 1 N–H and O–H groups in total. The molecule has 3 unspecified atom stereocenters. The molecule has 0 spiro atoms. The second kappa shape index (κ2) is 7.62. The van der Waals surface area contributed by atoms with Crippen molar-refractivity contribution in [3.63, 3.8) is 0 Å². The maximum Gasteiger partial charge on any atom is 0.338 e. The van der Waals surface area contributed by atoms with Crippen molar-refractivity contribution in [3.8, 4) is 0 Å². The summed E-state index contributed by atoms with van der Waals surface area (Å²) in [5.41, 5.74) is 2.38. The SMILES string of the molecule is Cc1ccc(C)c(C(=O)OCC(=O)NC2CCCC(C)C2C)c1. The first kappa shape index (κ1) is 17.5. The molecule has 4 nitrogen and oxygen atoms in total. The summed E-state index contributed by atoms with van der Waals surface area (Å²) >= 11 is 0. The van der Waals surface area contributed by atoms with Crippen LogP contribution < -0.4 is 5.32 Å². The topological polar surface area (TPSA) is 55.4 Å². The van der Waals surface area contributed by atoms with Crippen molar-refractivity contribution in [1.82, 2.24) is 5.32 Å². The summed E-state index contributed by atoms with van der Waals surface area (Å²) in [6.07, 6.45) is 3.36. The van der Waals surface area contributed by atoms with E-state index in [1.54, 1.807) is 6.07 Å². The molecule has 1 aromatic carbocycles. The molecular weight excluding hydrogens is 290 g/mol. The summed E-state index contributed by atoms with van der Waals surface area (Å²) < 4.78 is 5.18. The number of hydrogen-bond donors (Lipinski definition) is 1. The number of nitrogens with one attached hydrogen (secondary N) is 1. The predicted octanol–water partition coefficient (Wildman–Crippen LogP) is 3.40. The number of carbonyl (C=O) groups is 2. The maximum absolute atomic E-state index is 12.1. The van der Waals surface area contributed by atoms with Gasteiger partial charge in [0.2, 0.25) is 0 Å². The summed E-state index contributed by atoms with van der Waals surface area (Å²) in [4.78, 5) is 24.2. The monoisotopic (exact) mass is 317 g/mol. The van der Waals surface area contributed by atoms with Gasteiger partial charge in [-0.15, -0.1) is 0 Å². The van der Waals surface area contributed by atoms with Gasteiger partial charge in [-0.25, -0.2) is 4.79 Å². The lowest BCUT2D eigenvalue weighted by Gasteiger charge is -2.34. The van der Waals surface area contributed by atoms with Crippen LogP contribution in [0.1, 0.15) is 54.6 Å². The van der Waals surface area contributed by atoms with Crippen molar-refractivity contribution in [2.45, 2.75) is 53.0 Å². The molecule has 0 bridgehead atoms. The molecule has 0 aromatic heterocycles. The number of hydrogen-bond acceptors (Lipinski definition) is 3. The zero-order chi connectivity index (χ0) is 17.0. The van der Waals surface area contributed by atoms with Gasteiger partial charge in [0.25, 0.3) is 5.91 Å². The van der Waals surface area contributed by atoms with E-state index in [-0.39, 0.29) is 18.6 Å². The zero-order valence-corrected chi connectivity index (χ0v) is 14.5. The third-order valence-electron chi connectivity index (χ3n) is 5.00. The molecule has 3 atom stereocenters. The number of rotatable bonds is 4. The Morgan fingerprint density at radius 1 is 1.22 bits per heavy atom. The molecule has 1 amide bonds. The van der Waals surface area contributed by atoms with Gasteiger partial charge in [0, 0.05) is 6.04 Å². The molecular formula is C19H27NO3. The van der Waals surface area contributed by atoms with E-state index in [2.05, 4.69) is 19.2 Å². The fourth-order valence-corrected chi connectivity index (χ4v) is 3.20. The highest BCUT2D eigenvalue weighted by molar-refractivity contribution is 5.92. The standard InChI is InChI=1S/C19H27NO3/c1-12-8-9-14(3)16(10-12)19(22)23-11-18(21)20-17-7-5-6-13(2)15(17)4/h8-10,13,15,17H,5-7,11H2,1-4H3,(H,20,21). The Balaban J connectivity index is 1.86. The molecule has 1 aromatic rings. The first-order chi connectivity index (χ1) is 10.9. The van der Waals surface area contributed by atoms with Crippen LogP contribution in [0.3, 0.4) is 0 Å². The van der Waals surface area contributed by atoms with E-state index < -0.39 is 5.97 Å². The number of amides is 1. The average molecular weight is 317 g/mol. The largest absolute Gasteiger partial charge is 0.452 e. The zero-order valence-electron chi connectivity index (χ0n) is 14.5. The van der Waals surface area contributed by atoms with E-state index in [4.69, 9.17) is 4.74 Å². The third-order valence-corrected chi connectivity index (χ3v) is 5.00. The van der Waals surface area contributed by atoms with Gasteiger partial charge in [-0.2, -0.15) is 0 Å². The summed E-state index contributed by atoms with van der Waals surface area (Å²) in [7, 11) is 0. The van der Waals surface area contributed by atoms with Crippen LogP contribution in [0.2, 0.25) is 0 Å². The van der Waals surface area contributed by atoms with Crippen LogP contribution in [0.15, 0.2) is 18.2 Å². The van der Waals surface area contributed by atoms with Crippen molar-refractivity contribution in [3.05, 3.63) is 34.9 Å². The molecule has 2 rings (SSSR count). The molecule has 23 heavy (non-hydrogen) atoms. The van der Waals surface area contributed by atoms with E-state index in [1.165, 1.54) is 6.42 Å². The van der Waals surface area contributed by atoms with Crippen molar-refractivity contribution in [2.75, 3.05) is 6.61 Å². The normalized spacial score (nSPS) is 24.1. The molecule has 1 saturated carbocycles. The van der Waals surface area contributed by atoms with Crippen LogP contribution in [0.4, 0.5) is 0 Å². The minimum Gasteiger partial charge on any atom is -0.452 e. The third kappa shape index (κ3) is 4.57. The summed E-state index contributed by atoms with van der Waals surface area (Å²) in [5, 5.41) is 3.02. The van der Waals surface area contributed by atoms with E-state index in [1.807, 2.05) is 26.0 Å². The van der Waals surface area contributed by atoms with E-state index in [0.29, 0.717) is 17.4 Å². The predicted molar refractivity (Wildman–Crippen MR) is 90.3 cm³/mol. The Hall–Kier alpha value is -1.84. The molecule has 1 aliphatic carbocycles. The average Bonchev–Trinajstić information content (AvgIpc) is 2.52. The van der Waals surface area contributed by atoms with Gasteiger partial charge in [-0.1, -0.05) is 44.4 Å². The van der Waals surface area contributed by atoms with Crippen LogP contribution in [0.5, 0.6) is 0 Å². The highest BCUT2D eigenvalue weighted by atomic mass is 16.5. The fraction of sp³-hybridized carbons (Fsp3) is 0.579. The van der Waals surface area contributed by atoms with Crippen LogP contribution in [0, 0.1) is 25.7 Å². The second-order valence-electron chi connectivity index (χ2n) is 6.84. The summed E-state index contributed by atoms with van der Waals surface area (Å²) in [5.74, 6) is 0.426. The lowest BCUT2D eigenvalue weighted by atomic mass is 9.78. The Morgan fingerprint density at radius 2 is 1.96 bits per heavy atom. The Morgan fingerprint density at radius 3 is 2.70 bits per heavy atom. The molecule has 126 valence electrons. The number of ether oxygens (including phenoxy) is 1. The lowest BCUT2D eigenvalue weighted by molar-refractivity contribution is -0.125. The molecule has 1 aliphatic rings. The lowest BCUT2D eigenvalue weighted by Crippen LogP contribution is -2.45. The Kier molecular flexibility index (Phi) is 5.80. The Labute approximate surface area is 138 Å². The number of carbonyl (C=O) groups excluding carboxylic acids is 2. The van der Waals surface area contributed by atoms with E-state index in [0.717, 1.165) is 24.0 Å². The van der Waals surface area contributed by atoms with Crippen molar-refractivity contribution in [2.24, 2.45) is 11.8 Å². The summed E-state index contributed by atoms with van der Waals surface area (Å²) in [6, 6.07) is 5.81. The molecule has 1 fully saturated rings. The van der Waals surface area contributed by atoms with Crippen molar-refractivity contribution in [1.29, 1.82) is 0 Å².